The van der Waals surface area contributed by atoms with Gasteiger partial charge < -0.3 is 95.9 Å². The van der Waals surface area contributed by atoms with E-state index in [0.29, 0.717) is 32.1 Å². The van der Waals surface area contributed by atoms with E-state index in [4.69, 9.17) is 23.7 Å². The standard InChI is InChI=1S/C43H70N6O20/c1-64-33(55)13-6-3-8-14-46-40(62)27(12-7-9-15-47-43(63)67-25-26-10-4-2-5-11-26)48-32(54)22-49(20-30(52)44-16-18-65-41-38(60)36(58)34(56)28(23-50)68-41)21-31(53)45-17-19-66-42-39(61)37(59)35(57)29(24-51)69-42/h2,4-5,10-11,27-29,34-39,41-42,50-51,56-61H,3,6-9,12-25H2,1H3,(H,44,52)(H,45,53)(H,46,62)(H,47,63)(H,48,54)/t27-,28+,29+,34+,35+,36-,37-,38-,39-,41-,42-/m0/s1. The number of alkyl carbamates (subject to hydrolysis) is 1. The number of aliphatic hydroxyl groups is 8. The molecule has 2 fully saturated rings. The van der Waals surface area contributed by atoms with Gasteiger partial charge in [-0.25, -0.2) is 4.79 Å². The van der Waals surface area contributed by atoms with Gasteiger partial charge >= 0.3 is 12.1 Å². The van der Waals surface area contributed by atoms with Crippen LogP contribution in [0.4, 0.5) is 4.79 Å². The number of esters is 1. The Morgan fingerprint density at radius 1 is 0.623 bits per heavy atom. The second-order valence-corrected chi connectivity index (χ2v) is 16.3. The van der Waals surface area contributed by atoms with Crippen molar-refractivity contribution >= 4 is 35.7 Å². The molecule has 5 amide bonds. The Bertz CT molecular complexity index is 1640. The highest BCUT2D eigenvalue weighted by molar-refractivity contribution is 5.89. The maximum Gasteiger partial charge on any atom is 0.407 e. The number of hydrogen-bond donors (Lipinski definition) is 13. The monoisotopic (exact) mass is 990 g/mol. The number of ether oxygens (including phenoxy) is 6. The van der Waals surface area contributed by atoms with Crippen LogP contribution < -0.4 is 26.6 Å². The van der Waals surface area contributed by atoms with Crippen LogP contribution in [0.1, 0.15) is 50.5 Å². The molecule has 0 spiro atoms. The highest BCUT2D eigenvalue weighted by atomic mass is 16.7. The molecule has 2 aliphatic heterocycles. The zero-order chi connectivity index (χ0) is 50.7. The summed E-state index contributed by atoms with van der Waals surface area (Å²) in [5.74, 6) is -3.02. The van der Waals surface area contributed by atoms with Gasteiger partial charge in [-0.05, 0) is 37.7 Å². The van der Waals surface area contributed by atoms with Crippen molar-refractivity contribution in [1.82, 2.24) is 31.5 Å². The van der Waals surface area contributed by atoms with Crippen LogP contribution in [0.2, 0.25) is 0 Å². The molecule has 11 atom stereocenters. The number of aliphatic hydroxyl groups excluding tert-OH is 8. The number of nitrogens with zero attached hydrogens (tertiary/aromatic N) is 1. The normalized spacial score (nSPS) is 25.0. The van der Waals surface area contributed by atoms with Gasteiger partial charge in [0, 0.05) is 32.6 Å². The average molecular weight is 991 g/mol. The molecule has 26 heteroatoms. The number of methoxy groups -OCH3 is 1. The van der Waals surface area contributed by atoms with Gasteiger partial charge in [0.15, 0.2) is 12.6 Å². The lowest BCUT2D eigenvalue weighted by atomic mass is 9.99. The Morgan fingerprint density at radius 3 is 1.68 bits per heavy atom. The van der Waals surface area contributed by atoms with Crippen molar-refractivity contribution in [2.24, 2.45) is 0 Å². The lowest BCUT2D eigenvalue weighted by Crippen LogP contribution is -2.59. The summed E-state index contributed by atoms with van der Waals surface area (Å²) >= 11 is 0. The number of carbonyl (C=O) groups is 6. The van der Waals surface area contributed by atoms with Crippen LogP contribution in [-0.2, 0) is 59.0 Å². The van der Waals surface area contributed by atoms with Gasteiger partial charge in [-0.1, -0.05) is 36.8 Å². The fourth-order valence-corrected chi connectivity index (χ4v) is 6.98. The third-order valence-electron chi connectivity index (χ3n) is 10.8. The summed E-state index contributed by atoms with van der Waals surface area (Å²) in [4.78, 5) is 78.1. The molecule has 0 saturated carbocycles. The smallest absolute Gasteiger partial charge is 0.407 e. The second kappa shape index (κ2) is 32.3. The number of rotatable bonds is 31. The summed E-state index contributed by atoms with van der Waals surface area (Å²) in [5, 5.41) is 92.5. The molecule has 392 valence electrons. The van der Waals surface area contributed by atoms with Crippen LogP contribution in [0.3, 0.4) is 0 Å². The minimum atomic E-state index is -1.69. The summed E-state index contributed by atoms with van der Waals surface area (Å²) in [6.07, 6.45) is -13.1. The number of benzene rings is 1. The predicted octanol–water partition coefficient (Wildman–Crippen LogP) is -5.42. The third kappa shape index (κ3) is 21.5. The van der Waals surface area contributed by atoms with Crippen molar-refractivity contribution in [1.29, 1.82) is 0 Å². The lowest BCUT2D eigenvalue weighted by molar-refractivity contribution is -0.300. The average Bonchev–Trinajstić information content (AvgIpc) is 3.33. The number of hydrogen-bond acceptors (Lipinski definition) is 21. The molecule has 69 heavy (non-hydrogen) atoms. The number of amides is 5. The summed E-state index contributed by atoms with van der Waals surface area (Å²) in [5.41, 5.74) is 0.806. The molecule has 1 aromatic rings. The highest BCUT2D eigenvalue weighted by Crippen LogP contribution is 2.23. The van der Waals surface area contributed by atoms with Crippen molar-refractivity contribution < 1.29 is 98.0 Å². The van der Waals surface area contributed by atoms with E-state index >= 15 is 0 Å². The summed E-state index contributed by atoms with van der Waals surface area (Å²) in [7, 11) is 1.29. The van der Waals surface area contributed by atoms with Crippen LogP contribution in [0, 0.1) is 0 Å². The first-order chi connectivity index (χ1) is 33.1. The fourth-order valence-electron chi connectivity index (χ4n) is 6.98. The first-order valence-corrected chi connectivity index (χ1v) is 22.8. The number of unbranched alkanes of at least 4 members (excludes halogenated alkanes) is 3. The van der Waals surface area contributed by atoms with E-state index in [9.17, 15) is 69.6 Å². The van der Waals surface area contributed by atoms with Crippen LogP contribution in [-0.4, -0.2) is 228 Å². The van der Waals surface area contributed by atoms with Gasteiger partial charge in [-0.3, -0.25) is 28.9 Å². The molecule has 2 saturated heterocycles. The SMILES string of the molecule is COC(=O)CCCCCNC(=O)[C@H](CCCCNC(=O)OCc1ccccc1)NC(=O)CN(CC(=O)NCCO[C@H]1O[C@H](CO)[C@@H](O)[C@H](O)[C@@H]1O)CC(=O)NCCO[C@H]1O[C@H](CO)[C@@H](O)[C@H](O)[C@@H]1O. The Labute approximate surface area is 398 Å². The molecule has 2 aliphatic rings. The minimum Gasteiger partial charge on any atom is -0.469 e. The molecule has 13 N–H and O–H groups in total. The van der Waals surface area contributed by atoms with Crippen molar-refractivity contribution in [2.45, 2.75) is 119 Å². The van der Waals surface area contributed by atoms with Crippen LogP contribution >= 0.6 is 0 Å². The Kier molecular flexibility index (Phi) is 27.4. The van der Waals surface area contributed by atoms with Crippen molar-refractivity contribution in [2.75, 3.05) is 79.4 Å². The zero-order valence-electron chi connectivity index (χ0n) is 38.6. The first-order valence-electron chi connectivity index (χ1n) is 22.8. The quantitative estimate of drug-likeness (QED) is 0.0244. The lowest BCUT2D eigenvalue weighted by Gasteiger charge is -2.39. The van der Waals surface area contributed by atoms with Crippen LogP contribution in [0.25, 0.3) is 0 Å². The Balaban J connectivity index is 1.61. The topological polar surface area (TPSA) is 383 Å². The first kappa shape index (κ1) is 58.6. The van der Waals surface area contributed by atoms with Crippen molar-refractivity contribution in [3.8, 4) is 0 Å². The van der Waals surface area contributed by atoms with E-state index < -0.39 is 130 Å². The molecule has 26 nitrogen and oxygen atoms in total. The molecule has 3 rings (SSSR count). The Morgan fingerprint density at radius 2 is 1.14 bits per heavy atom. The van der Waals surface area contributed by atoms with Crippen molar-refractivity contribution in [3.63, 3.8) is 0 Å². The van der Waals surface area contributed by atoms with Gasteiger partial charge in [-0.15, -0.1) is 0 Å². The maximum absolute atomic E-state index is 13.6. The van der Waals surface area contributed by atoms with E-state index in [1.54, 1.807) is 0 Å². The molecule has 0 aliphatic carbocycles. The van der Waals surface area contributed by atoms with Crippen LogP contribution in [0.15, 0.2) is 30.3 Å². The number of carbonyl (C=O) groups excluding carboxylic acids is 6. The molecular formula is C43H70N6O20. The minimum absolute atomic E-state index is 0.0733. The fraction of sp³-hybridized carbons (Fsp3) is 0.721. The molecule has 0 aromatic heterocycles. The van der Waals surface area contributed by atoms with Crippen molar-refractivity contribution in [3.05, 3.63) is 35.9 Å². The summed E-state index contributed by atoms with van der Waals surface area (Å²) in [6.45, 7) is -3.47. The third-order valence-corrected chi connectivity index (χ3v) is 10.8. The molecule has 2 heterocycles. The van der Waals surface area contributed by atoms with Crippen LogP contribution in [0.5, 0.6) is 0 Å². The summed E-state index contributed by atoms with van der Waals surface area (Å²) < 4.78 is 31.3. The predicted molar refractivity (Wildman–Crippen MR) is 236 cm³/mol. The zero-order valence-corrected chi connectivity index (χ0v) is 38.6. The summed E-state index contributed by atoms with van der Waals surface area (Å²) in [6, 6.07) is 8.00. The Hall–Kier alpha value is -4.68. The second-order valence-electron chi connectivity index (χ2n) is 16.3. The molecule has 1 aromatic carbocycles. The van der Waals surface area contributed by atoms with E-state index in [1.165, 1.54) is 7.11 Å². The van der Waals surface area contributed by atoms with E-state index in [2.05, 4.69) is 31.3 Å². The molecule has 0 radical (unpaired) electrons. The van der Waals surface area contributed by atoms with Gasteiger partial charge in [0.05, 0.1) is 53.2 Å². The van der Waals surface area contributed by atoms with E-state index in [-0.39, 0.29) is 64.8 Å². The van der Waals surface area contributed by atoms with Gasteiger partial charge in [0.1, 0.15) is 61.5 Å². The van der Waals surface area contributed by atoms with E-state index in [0.717, 1.165) is 10.5 Å². The van der Waals surface area contributed by atoms with Gasteiger partial charge in [-0.2, -0.15) is 0 Å². The molecule has 0 bridgehead atoms. The highest BCUT2D eigenvalue weighted by Gasteiger charge is 2.45. The van der Waals surface area contributed by atoms with E-state index in [1.807, 2.05) is 30.3 Å². The maximum atomic E-state index is 13.6. The molecular weight excluding hydrogens is 920 g/mol. The largest absolute Gasteiger partial charge is 0.469 e. The number of nitrogens with one attached hydrogen (secondary N) is 5. The van der Waals surface area contributed by atoms with Gasteiger partial charge in [0.25, 0.3) is 0 Å². The molecule has 0 unspecified atom stereocenters. The van der Waals surface area contributed by atoms with Gasteiger partial charge in [0.2, 0.25) is 23.6 Å².